The van der Waals surface area contributed by atoms with Crippen molar-refractivity contribution < 1.29 is 23.5 Å². The van der Waals surface area contributed by atoms with E-state index in [1.54, 1.807) is 13.8 Å². The standard InChI is InChI=1S/C17H30O5Si/c1-12(2)16(18)20-10-6-8-15(14(5)22-23)9-7-11-21-17(19)13(3)4/h14-15H,1,3,6-11H2,2,4-5,23H3. The van der Waals surface area contributed by atoms with Crippen LogP contribution < -0.4 is 0 Å². The number of ether oxygens (including phenoxy) is 2. The summed E-state index contributed by atoms with van der Waals surface area (Å²) in [5, 5.41) is 0. The Bertz CT molecular complexity index is 385. The lowest BCUT2D eigenvalue weighted by Gasteiger charge is -2.23. The number of hydrogen-bond donors (Lipinski definition) is 0. The molecule has 1 atom stereocenters. The third kappa shape index (κ3) is 10.1. The van der Waals surface area contributed by atoms with Gasteiger partial charge in [0.15, 0.2) is 0 Å². The summed E-state index contributed by atoms with van der Waals surface area (Å²) in [7, 11) is 0.685. The second-order valence-electron chi connectivity index (χ2n) is 5.82. The lowest BCUT2D eigenvalue weighted by molar-refractivity contribution is -0.139. The summed E-state index contributed by atoms with van der Waals surface area (Å²) >= 11 is 0. The van der Waals surface area contributed by atoms with Gasteiger partial charge in [0.25, 0.3) is 0 Å². The molecule has 0 aromatic carbocycles. The van der Waals surface area contributed by atoms with E-state index in [0.717, 1.165) is 25.7 Å². The number of hydrogen-bond acceptors (Lipinski definition) is 5. The first-order chi connectivity index (χ1) is 10.8. The molecule has 0 amide bonds. The Kier molecular flexibility index (Phi) is 11.3. The molecule has 0 N–H and O–H groups in total. The van der Waals surface area contributed by atoms with E-state index in [-0.39, 0.29) is 18.0 Å². The molecule has 23 heavy (non-hydrogen) atoms. The van der Waals surface area contributed by atoms with Crippen LogP contribution in [0.1, 0.15) is 46.5 Å². The number of esters is 2. The third-order valence-electron chi connectivity index (χ3n) is 3.64. The monoisotopic (exact) mass is 342 g/mol. The van der Waals surface area contributed by atoms with Crippen molar-refractivity contribution in [2.75, 3.05) is 13.2 Å². The molecule has 0 rings (SSSR count). The van der Waals surface area contributed by atoms with Crippen LogP contribution in [0.2, 0.25) is 0 Å². The molecule has 0 aromatic heterocycles. The molecule has 0 aliphatic carbocycles. The van der Waals surface area contributed by atoms with Crippen LogP contribution in [0.15, 0.2) is 24.3 Å². The van der Waals surface area contributed by atoms with Crippen molar-refractivity contribution in [1.82, 2.24) is 0 Å². The quantitative estimate of drug-likeness (QED) is 0.235. The van der Waals surface area contributed by atoms with Crippen LogP contribution in [0, 0.1) is 5.92 Å². The van der Waals surface area contributed by atoms with Crippen molar-refractivity contribution in [2.45, 2.75) is 52.6 Å². The van der Waals surface area contributed by atoms with E-state index in [4.69, 9.17) is 13.9 Å². The van der Waals surface area contributed by atoms with E-state index < -0.39 is 0 Å². The van der Waals surface area contributed by atoms with Crippen LogP contribution in [0.3, 0.4) is 0 Å². The number of rotatable bonds is 12. The van der Waals surface area contributed by atoms with Gasteiger partial charge < -0.3 is 13.9 Å². The first-order valence-corrected chi connectivity index (χ1v) is 8.79. The second-order valence-corrected chi connectivity index (χ2v) is 6.29. The Balaban J connectivity index is 4.07. The molecule has 0 heterocycles. The molecule has 0 fully saturated rings. The van der Waals surface area contributed by atoms with E-state index in [1.807, 2.05) is 0 Å². The van der Waals surface area contributed by atoms with Crippen LogP contribution in [0.4, 0.5) is 0 Å². The largest absolute Gasteiger partial charge is 0.462 e. The summed E-state index contributed by atoms with van der Waals surface area (Å²) in [5.74, 6) is -0.333. The normalized spacial score (nSPS) is 12.0. The summed E-state index contributed by atoms with van der Waals surface area (Å²) in [6.07, 6.45) is 3.53. The van der Waals surface area contributed by atoms with Gasteiger partial charge in [0, 0.05) is 17.3 Å². The van der Waals surface area contributed by atoms with Gasteiger partial charge >= 0.3 is 11.9 Å². The zero-order valence-corrected chi connectivity index (χ0v) is 16.9. The highest BCUT2D eigenvalue weighted by molar-refractivity contribution is 5.98. The van der Waals surface area contributed by atoms with Crippen molar-refractivity contribution in [2.24, 2.45) is 5.92 Å². The summed E-state index contributed by atoms with van der Waals surface area (Å²) in [6.45, 7) is 13.2. The smallest absolute Gasteiger partial charge is 0.333 e. The predicted molar refractivity (Wildman–Crippen MR) is 94.0 cm³/mol. The Morgan fingerprint density at radius 1 is 0.957 bits per heavy atom. The van der Waals surface area contributed by atoms with Gasteiger partial charge in [-0.1, -0.05) is 13.2 Å². The zero-order valence-electron chi connectivity index (χ0n) is 14.9. The van der Waals surface area contributed by atoms with Crippen molar-refractivity contribution in [1.29, 1.82) is 0 Å². The van der Waals surface area contributed by atoms with E-state index in [1.165, 1.54) is 0 Å². The van der Waals surface area contributed by atoms with E-state index >= 15 is 0 Å². The molecular weight excluding hydrogens is 312 g/mol. The Hall–Kier alpha value is -1.40. The highest BCUT2D eigenvalue weighted by Crippen LogP contribution is 2.20. The molecule has 0 spiro atoms. The molecule has 132 valence electrons. The minimum absolute atomic E-state index is 0.162. The Morgan fingerprint density at radius 3 is 1.65 bits per heavy atom. The SMILES string of the molecule is C=C(C)C(=O)OCCCC(CCCOC(=O)C(=C)C)C(C)O[SiH3]. The van der Waals surface area contributed by atoms with Crippen LogP contribution in [-0.2, 0) is 23.5 Å². The van der Waals surface area contributed by atoms with Gasteiger partial charge in [-0.15, -0.1) is 0 Å². The maximum atomic E-state index is 11.3. The zero-order chi connectivity index (χ0) is 17.8. The first kappa shape index (κ1) is 21.6. The van der Waals surface area contributed by atoms with E-state index in [9.17, 15) is 9.59 Å². The van der Waals surface area contributed by atoms with Gasteiger partial charge in [0.1, 0.15) is 10.5 Å². The number of carbonyl (C=O) groups excluding carboxylic acids is 2. The average Bonchev–Trinajstić information content (AvgIpc) is 2.51. The maximum Gasteiger partial charge on any atom is 0.333 e. The van der Waals surface area contributed by atoms with Crippen LogP contribution in [-0.4, -0.2) is 41.7 Å². The summed E-state index contributed by atoms with van der Waals surface area (Å²) < 4.78 is 15.7. The van der Waals surface area contributed by atoms with E-state index in [2.05, 4.69) is 20.1 Å². The molecule has 0 aliphatic heterocycles. The summed E-state index contributed by atoms with van der Waals surface area (Å²) in [6, 6.07) is 0. The van der Waals surface area contributed by atoms with Gasteiger partial charge in [-0.3, -0.25) is 0 Å². The molecule has 5 nitrogen and oxygen atoms in total. The lowest BCUT2D eigenvalue weighted by atomic mass is 9.93. The van der Waals surface area contributed by atoms with Crippen molar-refractivity contribution in [3.63, 3.8) is 0 Å². The van der Waals surface area contributed by atoms with Gasteiger partial charge in [-0.25, -0.2) is 9.59 Å². The highest BCUT2D eigenvalue weighted by Gasteiger charge is 2.17. The minimum Gasteiger partial charge on any atom is -0.462 e. The fourth-order valence-electron chi connectivity index (χ4n) is 2.07. The lowest BCUT2D eigenvalue weighted by Crippen LogP contribution is -2.21. The van der Waals surface area contributed by atoms with Crippen LogP contribution in [0.5, 0.6) is 0 Å². The molecule has 6 heteroatoms. The van der Waals surface area contributed by atoms with Crippen molar-refractivity contribution in [3.8, 4) is 0 Å². The fourth-order valence-corrected chi connectivity index (χ4v) is 2.46. The molecule has 0 aromatic rings. The minimum atomic E-state index is -0.347. The predicted octanol–water partition coefficient (Wildman–Crippen LogP) is 2.09. The number of carbonyl (C=O) groups is 2. The van der Waals surface area contributed by atoms with Crippen LogP contribution in [0.25, 0.3) is 0 Å². The third-order valence-corrected chi connectivity index (χ3v) is 4.38. The molecule has 1 unspecified atom stereocenters. The van der Waals surface area contributed by atoms with E-state index in [0.29, 0.717) is 40.8 Å². The fraction of sp³-hybridized carbons (Fsp3) is 0.647. The topological polar surface area (TPSA) is 61.8 Å². The molecule has 0 bridgehead atoms. The Morgan fingerprint density at radius 2 is 1.35 bits per heavy atom. The summed E-state index contributed by atoms with van der Waals surface area (Å²) in [4.78, 5) is 22.6. The molecule has 0 saturated carbocycles. The summed E-state index contributed by atoms with van der Waals surface area (Å²) in [5.41, 5.74) is 0.828. The van der Waals surface area contributed by atoms with Gasteiger partial charge in [-0.05, 0) is 52.4 Å². The van der Waals surface area contributed by atoms with Crippen molar-refractivity contribution >= 4 is 22.4 Å². The average molecular weight is 343 g/mol. The van der Waals surface area contributed by atoms with Crippen molar-refractivity contribution in [3.05, 3.63) is 24.3 Å². The first-order valence-electron chi connectivity index (χ1n) is 7.97. The Labute approximate surface area is 142 Å². The molecule has 0 saturated heterocycles. The maximum absolute atomic E-state index is 11.3. The van der Waals surface area contributed by atoms with Crippen LogP contribution >= 0.6 is 0 Å². The van der Waals surface area contributed by atoms with Gasteiger partial charge in [0.05, 0.1) is 13.2 Å². The second kappa shape index (κ2) is 12.1. The molecule has 0 radical (unpaired) electrons. The van der Waals surface area contributed by atoms with Gasteiger partial charge in [0.2, 0.25) is 0 Å². The molecule has 0 aliphatic rings. The molecular formula is C17H30O5Si. The highest BCUT2D eigenvalue weighted by atomic mass is 28.2. The van der Waals surface area contributed by atoms with Gasteiger partial charge in [-0.2, -0.15) is 0 Å².